The first-order chi connectivity index (χ1) is 21.0. The van der Waals surface area contributed by atoms with Crippen LogP contribution in [0, 0.1) is 0 Å². The molecule has 0 bridgehead atoms. The second-order valence-electron chi connectivity index (χ2n) is 12.2. The van der Waals surface area contributed by atoms with E-state index in [4.69, 9.17) is 0 Å². The summed E-state index contributed by atoms with van der Waals surface area (Å²) in [5.41, 5.74) is 2.15. The average molecular weight is 636 g/mol. The molecule has 0 aliphatic carbocycles. The van der Waals surface area contributed by atoms with Crippen molar-refractivity contribution in [3.05, 3.63) is 69.2 Å². The highest BCUT2D eigenvalue weighted by atomic mass is 79.9. The number of hydrogen-bond donors (Lipinski definition) is 2. The molecule has 2 saturated heterocycles. The summed E-state index contributed by atoms with van der Waals surface area (Å²) in [6.45, 7) is 3.11. The Balaban J connectivity index is 1.32. The van der Waals surface area contributed by atoms with Gasteiger partial charge in [-0.25, -0.2) is 0 Å². The Labute approximate surface area is 254 Å². The van der Waals surface area contributed by atoms with E-state index < -0.39 is 0 Å². The van der Waals surface area contributed by atoms with Gasteiger partial charge in [-0.2, -0.15) is 0 Å². The zero-order chi connectivity index (χ0) is 29.1. The third kappa shape index (κ3) is 3.27. The first-order valence-electron chi connectivity index (χ1n) is 15.0. The molecule has 9 heteroatoms. The predicted octanol–water partition coefficient (Wildman–Crippen LogP) is 5.20. The van der Waals surface area contributed by atoms with E-state index in [0.717, 1.165) is 88.7 Å². The van der Waals surface area contributed by atoms with E-state index >= 15 is 0 Å². The van der Waals surface area contributed by atoms with Gasteiger partial charge in [0.15, 0.2) is 0 Å². The summed E-state index contributed by atoms with van der Waals surface area (Å²) in [6.07, 6.45) is 2.96. The van der Waals surface area contributed by atoms with Gasteiger partial charge in [0.1, 0.15) is 0 Å². The molecule has 4 heterocycles. The third-order valence-corrected chi connectivity index (χ3v) is 10.7. The van der Waals surface area contributed by atoms with Crippen molar-refractivity contribution in [1.29, 1.82) is 0 Å². The third-order valence-electron chi connectivity index (χ3n) is 10.1. The Morgan fingerprint density at radius 1 is 0.512 bits per heavy atom. The van der Waals surface area contributed by atoms with Gasteiger partial charge >= 0.3 is 0 Å². The second kappa shape index (κ2) is 9.05. The van der Waals surface area contributed by atoms with Crippen LogP contribution in [0.15, 0.2) is 46.9 Å². The van der Waals surface area contributed by atoms with Gasteiger partial charge < -0.3 is 10.6 Å². The minimum absolute atomic E-state index is 0.123. The van der Waals surface area contributed by atoms with Crippen LogP contribution < -0.4 is 10.6 Å². The molecular weight excluding hydrogens is 608 g/mol. The molecule has 4 aliphatic rings. The maximum Gasteiger partial charge on any atom is 0.261 e. The lowest BCUT2D eigenvalue weighted by Crippen LogP contribution is -2.50. The van der Waals surface area contributed by atoms with Crippen molar-refractivity contribution in [3.8, 4) is 0 Å². The summed E-state index contributed by atoms with van der Waals surface area (Å²) >= 11 is 3.80. The van der Waals surface area contributed by atoms with Crippen molar-refractivity contribution in [1.82, 2.24) is 20.4 Å². The first kappa shape index (κ1) is 25.6. The van der Waals surface area contributed by atoms with Gasteiger partial charge in [-0.15, -0.1) is 0 Å². The topological polar surface area (TPSA) is 98.8 Å². The Kier molecular flexibility index (Phi) is 5.38. The smallest absolute Gasteiger partial charge is 0.261 e. The van der Waals surface area contributed by atoms with E-state index in [9.17, 15) is 19.2 Å². The number of nitrogens with one attached hydrogen (secondary N) is 2. The van der Waals surface area contributed by atoms with Gasteiger partial charge in [0.25, 0.3) is 23.6 Å². The monoisotopic (exact) mass is 634 g/mol. The molecule has 2 N–H and O–H groups in total. The van der Waals surface area contributed by atoms with Crippen LogP contribution in [0.25, 0.3) is 43.1 Å². The van der Waals surface area contributed by atoms with Crippen LogP contribution in [0.5, 0.6) is 0 Å². The molecular formula is C34H27BrN4O4. The molecule has 0 aromatic heterocycles. The molecule has 0 radical (unpaired) electrons. The maximum atomic E-state index is 14.0. The molecule has 0 spiro atoms. The summed E-state index contributed by atoms with van der Waals surface area (Å²) in [7, 11) is 0. The number of benzene rings is 5. The molecule has 214 valence electrons. The van der Waals surface area contributed by atoms with Crippen LogP contribution in [0.1, 0.15) is 67.1 Å². The lowest BCUT2D eigenvalue weighted by atomic mass is 9.81. The van der Waals surface area contributed by atoms with Gasteiger partial charge in [0.2, 0.25) is 0 Å². The summed E-state index contributed by atoms with van der Waals surface area (Å²) in [4.78, 5) is 58.7. The van der Waals surface area contributed by atoms with E-state index in [1.807, 2.05) is 42.5 Å². The molecule has 4 amide bonds. The number of fused-ring (bicyclic) bond motifs is 2. The molecule has 0 unspecified atom stereocenters. The van der Waals surface area contributed by atoms with Gasteiger partial charge in [0.05, 0.1) is 0 Å². The molecule has 43 heavy (non-hydrogen) atoms. The number of amides is 4. The van der Waals surface area contributed by atoms with Crippen LogP contribution in [0.3, 0.4) is 0 Å². The van der Waals surface area contributed by atoms with Crippen LogP contribution in [-0.4, -0.2) is 71.7 Å². The quantitative estimate of drug-likeness (QED) is 0.157. The Morgan fingerprint density at radius 2 is 0.930 bits per heavy atom. The summed E-state index contributed by atoms with van der Waals surface area (Å²) < 4.78 is 0.748. The lowest BCUT2D eigenvalue weighted by Gasteiger charge is -2.37. The highest BCUT2D eigenvalue weighted by Crippen LogP contribution is 2.49. The largest absolute Gasteiger partial charge is 0.317 e. The second-order valence-corrected chi connectivity index (χ2v) is 13.0. The van der Waals surface area contributed by atoms with Crippen molar-refractivity contribution >= 4 is 82.6 Å². The number of nitrogens with zero attached hydrogens (tertiary/aromatic N) is 2. The number of carbonyl (C=O) groups is 4. The Morgan fingerprint density at radius 3 is 1.44 bits per heavy atom. The van der Waals surface area contributed by atoms with E-state index in [0.29, 0.717) is 33.0 Å². The molecule has 0 saturated carbocycles. The number of carbonyl (C=O) groups excluding carboxylic acids is 4. The highest BCUT2D eigenvalue weighted by molar-refractivity contribution is 9.10. The van der Waals surface area contributed by atoms with Gasteiger partial charge in [-0.3, -0.25) is 29.0 Å². The van der Waals surface area contributed by atoms with Crippen molar-refractivity contribution in [2.24, 2.45) is 0 Å². The summed E-state index contributed by atoms with van der Waals surface area (Å²) in [6, 6.07) is 13.0. The fourth-order valence-electron chi connectivity index (χ4n) is 8.15. The fourth-order valence-corrected chi connectivity index (χ4v) is 8.79. The molecule has 0 atom stereocenters. The number of rotatable bonds is 2. The van der Waals surface area contributed by atoms with Gasteiger partial charge in [-0.05, 0) is 97.7 Å². The molecule has 2 fully saturated rings. The lowest BCUT2D eigenvalue weighted by molar-refractivity contribution is 0.0494. The minimum Gasteiger partial charge on any atom is -0.317 e. The zero-order valence-corrected chi connectivity index (χ0v) is 24.8. The predicted molar refractivity (Wildman–Crippen MR) is 168 cm³/mol. The molecule has 8 nitrogen and oxygen atoms in total. The van der Waals surface area contributed by atoms with Crippen molar-refractivity contribution in [2.75, 3.05) is 26.2 Å². The molecule has 5 aromatic rings. The minimum atomic E-state index is -0.251. The number of imide groups is 2. The van der Waals surface area contributed by atoms with Crippen LogP contribution >= 0.6 is 15.9 Å². The van der Waals surface area contributed by atoms with E-state index in [2.05, 4.69) is 26.6 Å². The van der Waals surface area contributed by atoms with Crippen molar-refractivity contribution in [3.63, 3.8) is 0 Å². The summed E-state index contributed by atoms with van der Waals surface area (Å²) in [5, 5.41) is 13.3. The van der Waals surface area contributed by atoms with E-state index in [1.54, 1.807) is 0 Å². The molecule has 9 rings (SSSR count). The zero-order valence-electron chi connectivity index (χ0n) is 23.3. The Bertz CT molecular complexity index is 2090. The van der Waals surface area contributed by atoms with E-state index in [1.165, 1.54) is 9.80 Å². The standard InChI is InChI=1S/C34H27BrN4O4/c35-25-15-24-28-23(33(42)39(34(24)43)17-9-13-37-14-10-17)5-2-19-18-1-4-21-27-22(6-3-20(26(18)27)29(25)30(19)28)32(41)38(31(21)40)16-7-11-36-12-8-16/h1-6,15-17,36-37H,7-14H2. The number of halogens is 1. The van der Waals surface area contributed by atoms with Crippen molar-refractivity contribution < 1.29 is 19.2 Å². The van der Waals surface area contributed by atoms with Crippen LogP contribution in [-0.2, 0) is 0 Å². The maximum absolute atomic E-state index is 14.0. The van der Waals surface area contributed by atoms with Crippen LogP contribution in [0.2, 0.25) is 0 Å². The molecule has 5 aromatic carbocycles. The normalized spacial score (nSPS) is 20.1. The van der Waals surface area contributed by atoms with E-state index in [-0.39, 0.29) is 35.7 Å². The number of hydrogen-bond acceptors (Lipinski definition) is 6. The fraction of sp³-hybridized carbons (Fsp3) is 0.294. The van der Waals surface area contributed by atoms with Gasteiger partial charge in [0, 0.05) is 60.4 Å². The Hall–Kier alpha value is -3.92. The van der Waals surface area contributed by atoms with Gasteiger partial charge in [-0.1, -0.05) is 34.1 Å². The van der Waals surface area contributed by atoms with Crippen LogP contribution in [0.4, 0.5) is 0 Å². The highest BCUT2D eigenvalue weighted by Gasteiger charge is 2.41. The summed E-state index contributed by atoms with van der Waals surface area (Å²) in [5.74, 6) is -0.969. The number of piperidine rings is 2. The molecule has 4 aliphatic heterocycles. The van der Waals surface area contributed by atoms with Crippen molar-refractivity contribution in [2.45, 2.75) is 37.8 Å². The SMILES string of the molecule is O=C1c2ccc3c4ccc5c6c(cc(Br)c(c7ccc(c2c37)C(=O)N1C1CCNCC1)c64)C(=O)N(C1CCNCC1)C5=O. The average Bonchev–Trinajstić information content (AvgIpc) is 3.03. The first-order valence-corrected chi connectivity index (χ1v) is 15.8.